The van der Waals surface area contributed by atoms with Gasteiger partial charge in [0.15, 0.2) is 34.7 Å². The molecule has 0 aliphatic rings. The van der Waals surface area contributed by atoms with Crippen LogP contribution in [-0.2, 0) is 38.5 Å². The number of anilines is 12. The van der Waals surface area contributed by atoms with Crippen LogP contribution in [0.15, 0.2) is 403 Å². The number of rotatable bonds is 33. The smallest absolute Gasteiger partial charge is 0.167 e. The molecule has 18 aromatic rings. The maximum Gasteiger partial charge on any atom is 0.167 e. The number of hydrogen-bond donors (Lipinski definition) is 0. The molecule has 0 atom stereocenters. The molecular weight excluding hydrogens is 1890 g/mol. The topological polar surface area (TPSA) is 251 Å². The molecule has 18 rings (SSSR count). The highest BCUT2D eigenvalue weighted by molar-refractivity contribution is 6.33. The van der Waals surface area contributed by atoms with Crippen molar-refractivity contribution in [1.82, 2.24) is 49.8 Å². The Bertz CT molecular complexity index is 7470. The van der Waals surface area contributed by atoms with E-state index in [2.05, 4.69) is 110 Å². The van der Waals surface area contributed by atoms with Crippen LogP contribution in [0.3, 0.4) is 0 Å². The predicted octanol–water partition coefficient (Wildman–Crippen LogP) is 26.7. The molecule has 0 N–H and O–H groups in total. The number of benzene rings is 12. The second-order valence-corrected chi connectivity index (χ2v) is 36.3. The number of terminal acetylenes is 1. The number of pyridine rings is 2. The van der Waals surface area contributed by atoms with E-state index in [9.17, 15) is 33.2 Å². The number of carbonyl (C=O) groups is 6. The molecule has 0 spiro atoms. The summed E-state index contributed by atoms with van der Waals surface area (Å²) in [7, 11) is 7.53. The first kappa shape index (κ1) is 109. The molecule has 0 amide bonds. The quantitative estimate of drug-likeness (QED) is 0.0274. The molecule has 6 heterocycles. The zero-order valence-corrected chi connectivity index (χ0v) is 86.7. The molecule has 752 valence electrons. The van der Waals surface area contributed by atoms with Gasteiger partial charge >= 0.3 is 0 Å². The van der Waals surface area contributed by atoms with Crippen LogP contribution >= 0.6 is 11.6 Å². The lowest BCUT2D eigenvalue weighted by atomic mass is 10.0. The molecule has 0 aliphatic carbocycles. The fraction of sp³-hybridized carbons (Fsp3) is 0.159. The minimum Gasteiger partial charge on any atom is -0.342 e. The van der Waals surface area contributed by atoms with Crippen LogP contribution in [0.25, 0.3) is 0 Å². The Hall–Kier alpha value is -18.1. The summed E-state index contributed by atoms with van der Waals surface area (Å²) in [5, 5.41) is 0.609. The Morgan fingerprint density at radius 2 is 0.553 bits per heavy atom. The lowest BCUT2D eigenvalue weighted by Crippen LogP contribution is -2.18. The summed E-state index contributed by atoms with van der Waals surface area (Å²) in [5.41, 5.74) is 26.8. The lowest BCUT2D eigenvalue weighted by molar-refractivity contribution is 0.0984. The van der Waals surface area contributed by atoms with Crippen LogP contribution in [-0.4, -0.2) is 126 Å². The van der Waals surface area contributed by atoms with E-state index in [1.165, 1.54) is 31.4 Å². The fourth-order valence-corrected chi connectivity index (χ4v) is 16.7. The SMILES string of the molecule is C#Cc1cccc(C(=O)Cc2cccc(N(C)c3cncnc3)c2)c1.CCCN(c1cccnc1)c1cccc(CC(=O)c2cccc(C)c2)c1.CCN(c1cccnc1)c1cccc(CC(=O)c2cccc(C)c2)c1.Cc1cccc(C(=O)Cc2ccc(Cl)c(N(C)c3cncnc3)c2)c1.Cc1cccc(C(=O)Cc2ccc(F)c(N(C)c3cncnc3)c2)c1.Cc1cccc(C(=O)Cc2cccc(N(C)c3cncnc3)c2)c1. The predicted molar refractivity (Wildman–Crippen MR) is 601 cm³/mol. The number of Topliss-reactive ketones (excluding diaryl/α,β-unsaturated/α-hetero) is 6. The van der Waals surface area contributed by atoms with Crippen LogP contribution in [0.5, 0.6) is 0 Å². The van der Waals surface area contributed by atoms with Gasteiger partial charge in [-0.1, -0.05) is 216 Å². The molecule has 6 aromatic heterocycles. The van der Waals surface area contributed by atoms with E-state index in [1.807, 2.05) is 319 Å². The van der Waals surface area contributed by atoms with Crippen molar-refractivity contribution in [2.24, 2.45) is 0 Å². The first-order valence-corrected chi connectivity index (χ1v) is 49.4. The highest BCUT2D eigenvalue weighted by Gasteiger charge is 2.21. The molecule has 0 radical (unpaired) electrons. The molecule has 12 aromatic carbocycles. The van der Waals surface area contributed by atoms with Gasteiger partial charge in [0, 0.05) is 154 Å². The highest BCUT2D eigenvalue weighted by atomic mass is 35.5. The van der Waals surface area contributed by atoms with Crippen molar-refractivity contribution in [1.29, 1.82) is 0 Å². The third-order valence-corrected chi connectivity index (χ3v) is 24.8. The van der Waals surface area contributed by atoms with Gasteiger partial charge in [0.25, 0.3) is 0 Å². The van der Waals surface area contributed by atoms with E-state index in [0.717, 1.165) is 160 Å². The van der Waals surface area contributed by atoms with Crippen LogP contribution in [0.4, 0.5) is 72.6 Å². The Morgan fingerprint density at radius 3 is 0.880 bits per heavy atom. The first-order chi connectivity index (χ1) is 72.7. The standard InChI is InChI=1S/C23H24N2O.C22H22N2O.C21H17N3O.C20H18ClN3O.C20H18FN3O.C20H19N3O/c1-3-13-25(22-11-6-12-24-17-22)21-10-5-8-19(15-21)16-23(26)20-9-4-7-18(2)14-20;1-3-24(21-11-6-12-23-16-21)20-10-5-8-18(14-20)15-22(25)19-9-4-7-17(2)13-19;1-3-16-6-4-8-18(10-16)21(25)12-17-7-5-9-19(11-17)24(2)20-13-22-15-23-14-20;2*1-14-4-3-5-16(8-14)20(25)10-15-6-7-18(21)19(9-15)24(2)17-11-22-13-23-12-17;1-15-5-3-7-17(9-15)20(24)11-16-6-4-8-18(10-16)23(2)19-12-21-14-22-13-19/h4-12,14-15,17H,3,13,16H2,1-2H3;4-14,16H,3,15H2,1-2H3;1,4-11,13-15H,12H2,2H3;2*3-9,11-13H,10H2,1-2H3;3-10,12-14H,11H2,1-2H3. The van der Waals surface area contributed by atoms with Crippen molar-refractivity contribution >= 4 is 115 Å². The van der Waals surface area contributed by atoms with Gasteiger partial charge in [0.2, 0.25) is 0 Å². The van der Waals surface area contributed by atoms with Gasteiger partial charge in [0.05, 0.1) is 112 Å². The summed E-state index contributed by atoms with van der Waals surface area (Å²) in [4.78, 5) is 128. The number of carbonyl (C=O) groups excluding carboxylic acids is 6. The molecule has 0 unspecified atom stereocenters. The summed E-state index contributed by atoms with van der Waals surface area (Å²) < 4.78 is 14.3. The molecule has 0 bridgehead atoms. The van der Waals surface area contributed by atoms with Crippen LogP contribution in [0.1, 0.15) is 149 Å². The second-order valence-electron chi connectivity index (χ2n) is 35.9. The summed E-state index contributed by atoms with van der Waals surface area (Å²) in [5.74, 6) is 2.75. The van der Waals surface area contributed by atoms with Crippen molar-refractivity contribution in [2.75, 3.05) is 70.7 Å². The van der Waals surface area contributed by atoms with E-state index < -0.39 is 0 Å². The second kappa shape index (κ2) is 55.2. The Balaban J connectivity index is 0.000000150. The number of aromatic nitrogens is 10. The molecule has 0 fully saturated rings. The van der Waals surface area contributed by atoms with Crippen molar-refractivity contribution < 1.29 is 33.2 Å². The molecule has 0 saturated carbocycles. The average molecular weight is 2010 g/mol. The Kier molecular flexibility index (Phi) is 40.2. The van der Waals surface area contributed by atoms with Crippen LogP contribution in [0.2, 0.25) is 5.02 Å². The van der Waals surface area contributed by atoms with E-state index >= 15 is 0 Å². The van der Waals surface area contributed by atoms with Gasteiger partial charge in [-0.3, -0.25) is 38.7 Å². The van der Waals surface area contributed by atoms with E-state index in [4.69, 9.17) is 18.0 Å². The van der Waals surface area contributed by atoms with Gasteiger partial charge in [-0.15, -0.1) is 6.42 Å². The first-order valence-electron chi connectivity index (χ1n) is 49.1. The molecule has 0 aliphatic heterocycles. The minimum absolute atomic E-state index is 0.00644. The van der Waals surface area contributed by atoms with Crippen molar-refractivity contribution in [3.63, 3.8) is 0 Å². The summed E-state index contributed by atoms with van der Waals surface area (Å²) in [6.07, 6.45) is 35.4. The summed E-state index contributed by atoms with van der Waals surface area (Å²) in [6, 6.07) is 96.1. The largest absolute Gasteiger partial charge is 0.342 e. The monoisotopic (exact) mass is 2000 g/mol. The van der Waals surface area contributed by atoms with Gasteiger partial charge in [-0.2, -0.15) is 0 Å². The number of hydrogen-bond acceptors (Lipinski definition) is 22. The van der Waals surface area contributed by atoms with Crippen molar-refractivity contribution in [2.45, 2.75) is 93.4 Å². The minimum atomic E-state index is -0.363. The van der Waals surface area contributed by atoms with Crippen molar-refractivity contribution in [3.05, 3.63) is 514 Å². The maximum absolute atomic E-state index is 14.3. The van der Waals surface area contributed by atoms with Gasteiger partial charge in [-0.05, 0) is 221 Å². The molecule has 24 heteroatoms. The molecule has 150 heavy (non-hydrogen) atoms. The van der Waals surface area contributed by atoms with Crippen molar-refractivity contribution in [3.8, 4) is 12.3 Å². The maximum atomic E-state index is 14.3. The average Bonchev–Trinajstić information content (AvgIpc) is 0.860. The third-order valence-electron chi connectivity index (χ3n) is 24.4. The van der Waals surface area contributed by atoms with Gasteiger partial charge < -0.3 is 29.4 Å². The molecule has 0 saturated heterocycles. The van der Waals surface area contributed by atoms with E-state index in [1.54, 1.807) is 104 Å². The molecular formula is C126H118ClFN16O6. The highest BCUT2D eigenvalue weighted by Crippen LogP contribution is 2.35. The normalized spacial score (nSPS) is 10.4. The van der Waals surface area contributed by atoms with E-state index in [0.29, 0.717) is 65.2 Å². The number of halogens is 2. The number of nitrogens with zero attached hydrogens (tertiary/aromatic N) is 16. The Morgan fingerprint density at radius 1 is 0.280 bits per heavy atom. The Labute approximate surface area is 882 Å². The summed E-state index contributed by atoms with van der Waals surface area (Å²) in [6.45, 7) is 15.9. The number of aryl methyl sites for hydroxylation is 5. The van der Waals surface area contributed by atoms with Gasteiger partial charge in [0.1, 0.15) is 31.1 Å². The molecule has 22 nitrogen and oxygen atoms in total. The third kappa shape index (κ3) is 32.2. The van der Waals surface area contributed by atoms with Gasteiger partial charge in [-0.25, -0.2) is 44.3 Å². The van der Waals surface area contributed by atoms with Crippen LogP contribution < -0.4 is 29.4 Å². The van der Waals surface area contributed by atoms with Crippen LogP contribution in [0, 0.1) is 52.8 Å². The summed E-state index contributed by atoms with van der Waals surface area (Å²) >= 11 is 6.35. The fourth-order valence-electron chi connectivity index (χ4n) is 16.5. The lowest BCUT2D eigenvalue weighted by Gasteiger charge is -2.24. The van der Waals surface area contributed by atoms with E-state index in [-0.39, 0.29) is 46.9 Å². The number of ketones is 6. The zero-order valence-electron chi connectivity index (χ0n) is 85.9. The zero-order chi connectivity index (χ0) is 106.